The molecule has 1 saturated heterocycles. The van der Waals surface area contributed by atoms with Crippen LogP contribution in [0.15, 0.2) is 36.4 Å². The Balaban J connectivity index is 1.77. The molecule has 2 aromatic rings. The number of ether oxygens (including phenoxy) is 3. The molecule has 6 nitrogen and oxygen atoms in total. The largest absolute Gasteiger partial charge is 0.481 e. The second kappa shape index (κ2) is 10.6. The lowest BCUT2D eigenvalue weighted by Crippen LogP contribution is -2.30. The highest BCUT2D eigenvalue weighted by atomic mass is 19.4. The van der Waals surface area contributed by atoms with E-state index in [1.165, 1.54) is 0 Å². The molecule has 180 valence electrons. The van der Waals surface area contributed by atoms with Crippen molar-refractivity contribution in [3.05, 3.63) is 58.8 Å². The zero-order valence-corrected chi connectivity index (χ0v) is 19.1. The lowest BCUT2D eigenvalue weighted by Gasteiger charge is -2.29. The summed E-state index contributed by atoms with van der Waals surface area (Å²) in [5.41, 5.74) is -0.0626. The first-order valence-corrected chi connectivity index (χ1v) is 11.0. The molecule has 9 heteroatoms. The average Bonchev–Trinajstić information content (AvgIpc) is 3.30. The van der Waals surface area contributed by atoms with Gasteiger partial charge in [-0.2, -0.15) is 13.2 Å². The van der Waals surface area contributed by atoms with Crippen molar-refractivity contribution in [2.45, 2.75) is 38.7 Å². The zero-order valence-electron chi connectivity index (χ0n) is 19.1. The minimum atomic E-state index is -4.62. The monoisotopic (exact) mass is 466 g/mol. The van der Waals surface area contributed by atoms with Crippen molar-refractivity contribution in [3.8, 4) is 5.88 Å². The summed E-state index contributed by atoms with van der Waals surface area (Å²) in [6.45, 7) is 8.11. The Morgan fingerprint density at radius 1 is 1.09 bits per heavy atom. The quantitative estimate of drug-likeness (QED) is 0.475. The first-order chi connectivity index (χ1) is 15.7. The van der Waals surface area contributed by atoms with Crippen molar-refractivity contribution in [3.63, 3.8) is 0 Å². The molecule has 1 aromatic heterocycles. The third-order valence-electron chi connectivity index (χ3n) is 5.81. The summed E-state index contributed by atoms with van der Waals surface area (Å²) in [7, 11) is 1.09. The van der Waals surface area contributed by atoms with E-state index in [1.54, 1.807) is 24.3 Å². The molecule has 2 heterocycles. The molecule has 0 saturated carbocycles. The van der Waals surface area contributed by atoms with Crippen molar-refractivity contribution >= 4 is 5.78 Å². The van der Waals surface area contributed by atoms with Crippen LogP contribution in [0.1, 0.15) is 53.9 Å². The predicted molar refractivity (Wildman–Crippen MR) is 116 cm³/mol. The van der Waals surface area contributed by atoms with Gasteiger partial charge in [0.15, 0.2) is 5.79 Å². The van der Waals surface area contributed by atoms with E-state index in [-0.39, 0.29) is 5.69 Å². The fourth-order valence-corrected chi connectivity index (χ4v) is 3.95. The molecule has 1 fully saturated rings. The number of hydrogen-bond acceptors (Lipinski definition) is 6. The molecule has 0 atom stereocenters. The number of ketones is 1. The van der Waals surface area contributed by atoms with Crippen LogP contribution in [0.5, 0.6) is 5.88 Å². The van der Waals surface area contributed by atoms with Crippen LogP contribution in [0.25, 0.3) is 0 Å². The first-order valence-electron chi connectivity index (χ1n) is 11.0. The Kier molecular flexibility index (Phi) is 8.10. The Labute approximate surface area is 191 Å². The Morgan fingerprint density at radius 2 is 1.73 bits per heavy atom. The van der Waals surface area contributed by atoms with E-state index in [0.717, 1.165) is 50.9 Å². The van der Waals surface area contributed by atoms with Crippen LogP contribution < -0.4 is 4.74 Å². The van der Waals surface area contributed by atoms with Gasteiger partial charge < -0.3 is 19.1 Å². The summed E-state index contributed by atoms with van der Waals surface area (Å²) in [5, 5.41) is 0. The normalized spacial score (nSPS) is 15.7. The fourth-order valence-electron chi connectivity index (χ4n) is 3.95. The number of carbonyl (C=O) groups is 1. The number of benzene rings is 1. The minimum Gasteiger partial charge on any atom is -0.481 e. The average molecular weight is 467 g/mol. The number of nitrogens with zero attached hydrogens (tertiary/aromatic N) is 2. The van der Waals surface area contributed by atoms with E-state index in [2.05, 4.69) is 23.7 Å². The van der Waals surface area contributed by atoms with E-state index in [9.17, 15) is 18.0 Å². The van der Waals surface area contributed by atoms with Crippen molar-refractivity contribution in [2.24, 2.45) is 0 Å². The maximum atomic E-state index is 13.1. The van der Waals surface area contributed by atoms with Gasteiger partial charge in [-0.1, -0.05) is 38.1 Å². The first kappa shape index (κ1) is 25.1. The van der Waals surface area contributed by atoms with Crippen molar-refractivity contribution < 1.29 is 32.2 Å². The molecule has 0 bridgehead atoms. The van der Waals surface area contributed by atoms with Gasteiger partial charge in [0.2, 0.25) is 11.7 Å². The van der Waals surface area contributed by atoms with Crippen LogP contribution in [0, 0.1) is 0 Å². The molecule has 1 aliphatic rings. The standard InChI is InChI=1S/C24H29F3N2O4/c1-4-29(5-2)14-6-13-23(32-15-16-33-23)18-9-7-17(8-10-18)21(30)20-12-11-19(24(25,26)27)22(28-20)31-3/h7-12H,4-6,13-16H2,1-3H3. The number of aromatic nitrogens is 1. The molecule has 1 aliphatic heterocycles. The van der Waals surface area contributed by atoms with Crippen LogP contribution in [0.2, 0.25) is 0 Å². The maximum Gasteiger partial charge on any atom is 0.421 e. The predicted octanol–water partition coefficient (Wildman–Crippen LogP) is 4.66. The second-order valence-electron chi connectivity index (χ2n) is 7.74. The number of halogens is 3. The number of methoxy groups -OCH3 is 1. The van der Waals surface area contributed by atoms with Gasteiger partial charge >= 0.3 is 6.18 Å². The lowest BCUT2D eigenvalue weighted by atomic mass is 9.97. The SMILES string of the molecule is CCN(CC)CCCC1(c2ccc(C(=O)c3ccc(C(F)(F)F)c(OC)n3)cc2)OCCO1. The molecule has 0 spiro atoms. The third-order valence-corrected chi connectivity index (χ3v) is 5.81. The number of carbonyl (C=O) groups excluding carboxylic acids is 1. The summed E-state index contributed by atoms with van der Waals surface area (Å²) in [6, 6.07) is 8.61. The van der Waals surface area contributed by atoms with Crippen molar-refractivity contribution in [1.82, 2.24) is 9.88 Å². The molecule has 33 heavy (non-hydrogen) atoms. The molecule has 3 rings (SSSR count). The Hall–Kier alpha value is -2.49. The van der Waals surface area contributed by atoms with E-state index >= 15 is 0 Å². The number of hydrogen-bond donors (Lipinski definition) is 0. The second-order valence-corrected chi connectivity index (χ2v) is 7.74. The minimum absolute atomic E-state index is 0.130. The van der Waals surface area contributed by atoms with Gasteiger partial charge in [0.25, 0.3) is 0 Å². The van der Waals surface area contributed by atoms with E-state index < -0.39 is 29.2 Å². The number of alkyl halides is 3. The highest BCUT2D eigenvalue weighted by Crippen LogP contribution is 2.37. The smallest absolute Gasteiger partial charge is 0.421 e. The van der Waals surface area contributed by atoms with E-state index in [4.69, 9.17) is 14.2 Å². The molecule has 0 amide bonds. The van der Waals surface area contributed by atoms with Gasteiger partial charge in [0.1, 0.15) is 11.3 Å². The molecule has 0 N–H and O–H groups in total. The maximum absolute atomic E-state index is 13.1. The van der Waals surface area contributed by atoms with Gasteiger partial charge in [-0.05, 0) is 38.2 Å². The summed E-state index contributed by atoms with van der Waals surface area (Å²) < 4.78 is 55.9. The molecular weight excluding hydrogens is 437 g/mol. The van der Waals surface area contributed by atoms with Gasteiger partial charge in [0.05, 0.1) is 20.3 Å². The van der Waals surface area contributed by atoms with Crippen molar-refractivity contribution in [1.29, 1.82) is 0 Å². The van der Waals surface area contributed by atoms with Crippen LogP contribution in [0.4, 0.5) is 13.2 Å². The van der Waals surface area contributed by atoms with Gasteiger partial charge in [-0.3, -0.25) is 4.79 Å². The van der Waals surface area contributed by atoms with E-state index in [1.807, 2.05) is 0 Å². The molecule has 1 aromatic carbocycles. The number of rotatable bonds is 10. The van der Waals surface area contributed by atoms with Crippen LogP contribution in [-0.2, 0) is 21.4 Å². The van der Waals surface area contributed by atoms with Crippen molar-refractivity contribution in [2.75, 3.05) is 40.0 Å². The highest BCUT2D eigenvalue weighted by molar-refractivity contribution is 6.07. The summed E-state index contributed by atoms with van der Waals surface area (Å²) >= 11 is 0. The Morgan fingerprint density at radius 3 is 2.27 bits per heavy atom. The van der Waals surface area contributed by atoms with Gasteiger partial charge in [-0.15, -0.1) is 0 Å². The number of pyridine rings is 1. The molecule has 0 radical (unpaired) electrons. The van der Waals surface area contributed by atoms with E-state index in [0.29, 0.717) is 25.2 Å². The summed E-state index contributed by atoms with van der Waals surface area (Å²) in [5.74, 6) is -1.99. The Bertz CT molecular complexity index is 938. The lowest BCUT2D eigenvalue weighted by molar-refractivity contribution is -0.172. The topological polar surface area (TPSA) is 60.9 Å². The molecule has 0 unspecified atom stereocenters. The van der Waals surface area contributed by atoms with Crippen LogP contribution in [-0.4, -0.2) is 55.6 Å². The van der Waals surface area contributed by atoms with Crippen LogP contribution in [0.3, 0.4) is 0 Å². The molecular formula is C24H29F3N2O4. The zero-order chi connectivity index (χ0) is 24.1. The summed E-state index contributed by atoms with van der Waals surface area (Å²) in [6.07, 6.45) is -3.06. The highest BCUT2D eigenvalue weighted by Gasteiger charge is 2.38. The third kappa shape index (κ3) is 5.72. The molecule has 0 aliphatic carbocycles. The fraction of sp³-hybridized carbons (Fsp3) is 0.500. The van der Waals surface area contributed by atoms with Gasteiger partial charge in [0, 0.05) is 17.5 Å². The van der Waals surface area contributed by atoms with Crippen LogP contribution >= 0.6 is 0 Å². The summed E-state index contributed by atoms with van der Waals surface area (Å²) in [4.78, 5) is 18.9. The van der Waals surface area contributed by atoms with Gasteiger partial charge in [-0.25, -0.2) is 4.98 Å².